The van der Waals surface area contributed by atoms with Crippen LogP contribution in [0.1, 0.15) is 27.7 Å². The molecular formula is C6H14O2S. The molecule has 0 rings (SSSR count). The van der Waals surface area contributed by atoms with Crippen molar-refractivity contribution in [3.05, 3.63) is 0 Å². The molecule has 0 heterocycles. The maximum Gasteiger partial charge on any atom is 0.303 e. The first-order valence-corrected chi connectivity index (χ1v) is 2.61. The fourth-order valence-corrected chi connectivity index (χ4v) is 0.431. The second-order valence-corrected chi connectivity index (χ2v) is 2.71. The lowest BCUT2D eigenvalue weighted by molar-refractivity contribution is -0.151. The highest BCUT2D eigenvalue weighted by Gasteiger charge is 2.11. The van der Waals surface area contributed by atoms with Gasteiger partial charge in [-0.1, -0.05) is 0 Å². The van der Waals surface area contributed by atoms with Gasteiger partial charge < -0.3 is 4.74 Å². The van der Waals surface area contributed by atoms with E-state index in [-0.39, 0.29) is 25.1 Å². The standard InChI is InChI=1S/C6H12O2.H2S/c1-5(7)8-6(2,3)4;/h1-4H3;1H2. The first-order chi connectivity index (χ1) is 3.42. The van der Waals surface area contributed by atoms with E-state index in [2.05, 4.69) is 0 Å². The third-order valence-corrected chi connectivity index (χ3v) is 0.450. The van der Waals surface area contributed by atoms with E-state index in [1.165, 1.54) is 6.92 Å². The molecule has 3 heteroatoms. The van der Waals surface area contributed by atoms with Gasteiger partial charge >= 0.3 is 5.97 Å². The van der Waals surface area contributed by atoms with Crippen LogP contribution in [-0.2, 0) is 9.53 Å². The first-order valence-electron chi connectivity index (χ1n) is 2.61. The van der Waals surface area contributed by atoms with E-state index in [4.69, 9.17) is 4.74 Å². The van der Waals surface area contributed by atoms with Crippen LogP contribution in [0.2, 0.25) is 0 Å². The van der Waals surface area contributed by atoms with Gasteiger partial charge in [0, 0.05) is 6.92 Å². The molecule has 0 unspecified atom stereocenters. The average molecular weight is 150 g/mol. The molecule has 56 valence electrons. The molecule has 0 atom stereocenters. The zero-order valence-corrected chi connectivity index (χ0v) is 7.32. The second-order valence-electron chi connectivity index (χ2n) is 2.71. The summed E-state index contributed by atoms with van der Waals surface area (Å²) in [6.45, 7) is 6.93. The van der Waals surface area contributed by atoms with Crippen molar-refractivity contribution in [2.24, 2.45) is 0 Å². The molecule has 9 heavy (non-hydrogen) atoms. The molecule has 0 fully saturated rings. The zero-order valence-electron chi connectivity index (χ0n) is 6.32. The summed E-state index contributed by atoms with van der Waals surface area (Å²) in [6.07, 6.45) is 0. The van der Waals surface area contributed by atoms with Gasteiger partial charge in [0.15, 0.2) is 0 Å². The van der Waals surface area contributed by atoms with Gasteiger partial charge in [-0.3, -0.25) is 4.79 Å². The Balaban J connectivity index is 0. The van der Waals surface area contributed by atoms with Crippen molar-refractivity contribution in [3.63, 3.8) is 0 Å². The van der Waals surface area contributed by atoms with Crippen LogP contribution in [0.4, 0.5) is 0 Å². The number of esters is 1. The Bertz CT molecular complexity index is 93.7. The van der Waals surface area contributed by atoms with Gasteiger partial charge in [0.2, 0.25) is 0 Å². The van der Waals surface area contributed by atoms with Crippen molar-refractivity contribution >= 4 is 19.5 Å². The van der Waals surface area contributed by atoms with Crippen LogP contribution in [-0.4, -0.2) is 11.6 Å². The molecule has 0 amide bonds. The Morgan fingerprint density at radius 1 is 1.33 bits per heavy atom. The van der Waals surface area contributed by atoms with Crippen molar-refractivity contribution in [2.45, 2.75) is 33.3 Å². The predicted molar refractivity (Wildman–Crippen MR) is 41.9 cm³/mol. The SMILES string of the molecule is CC(=O)OC(C)(C)C.S. The molecule has 0 aromatic rings. The number of carbonyl (C=O) groups excluding carboxylic acids is 1. The molecule has 0 N–H and O–H groups in total. The van der Waals surface area contributed by atoms with Crippen LogP contribution < -0.4 is 0 Å². The summed E-state index contributed by atoms with van der Waals surface area (Å²) in [5.74, 6) is -0.225. The van der Waals surface area contributed by atoms with Crippen LogP contribution in [0.25, 0.3) is 0 Å². The van der Waals surface area contributed by atoms with Crippen LogP contribution >= 0.6 is 13.5 Å². The second kappa shape index (κ2) is 3.77. The lowest BCUT2D eigenvalue weighted by Crippen LogP contribution is -2.21. The van der Waals surface area contributed by atoms with E-state index in [1.807, 2.05) is 20.8 Å². The summed E-state index contributed by atoms with van der Waals surface area (Å²) in [7, 11) is 0. The summed E-state index contributed by atoms with van der Waals surface area (Å²) < 4.78 is 4.80. The Morgan fingerprint density at radius 3 is 1.67 bits per heavy atom. The number of hydrogen-bond acceptors (Lipinski definition) is 2. The van der Waals surface area contributed by atoms with Crippen molar-refractivity contribution in [2.75, 3.05) is 0 Å². The van der Waals surface area contributed by atoms with Crippen LogP contribution in [0.3, 0.4) is 0 Å². The van der Waals surface area contributed by atoms with Crippen LogP contribution in [0.5, 0.6) is 0 Å². The van der Waals surface area contributed by atoms with Gasteiger partial charge in [-0.05, 0) is 20.8 Å². The molecule has 0 radical (unpaired) electrons. The molecular weight excluding hydrogens is 136 g/mol. The first kappa shape index (κ1) is 11.6. The number of ether oxygens (including phenoxy) is 1. The summed E-state index contributed by atoms with van der Waals surface area (Å²) in [5.41, 5.74) is -0.328. The lowest BCUT2D eigenvalue weighted by atomic mass is 10.2. The highest BCUT2D eigenvalue weighted by atomic mass is 32.1. The topological polar surface area (TPSA) is 26.3 Å². The quantitative estimate of drug-likeness (QED) is 0.489. The maximum absolute atomic E-state index is 10.2. The molecule has 0 aromatic carbocycles. The molecule has 2 nitrogen and oxygen atoms in total. The smallest absolute Gasteiger partial charge is 0.303 e. The molecule has 0 saturated carbocycles. The van der Waals surface area contributed by atoms with Gasteiger partial charge in [0.05, 0.1) is 0 Å². The van der Waals surface area contributed by atoms with Crippen molar-refractivity contribution in [1.29, 1.82) is 0 Å². The lowest BCUT2D eigenvalue weighted by Gasteiger charge is -2.17. The van der Waals surface area contributed by atoms with E-state index in [1.54, 1.807) is 0 Å². The van der Waals surface area contributed by atoms with Gasteiger partial charge in [0.25, 0.3) is 0 Å². The Labute approximate surface area is 63.0 Å². The fraction of sp³-hybridized carbons (Fsp3) is 0.833. The van der Waals surface area contributed by atoms with E-state index >= 15 is 0 Å². The van der Waals surface area contributed by atoms with Gasteiger partial charge in [-0.25, -0.2) is 0 Å². The van der Waals surface area contributed by atoms with Crippen LogP contribution in [0, 0.1) is 0 Å². The molecule has 0 spiro atoms. The van der Waals surface area contributed by atoms with E-state index in [0.717, 1.165) is 0 Å². The van der Waals surface area contributed by atoms with Crippen LogP contribution in [0.15, 0.2) is 0 Å². The molecule has 0 aromatic heterocycles. The van der Waals surface area contributed by atoms with Gasteiger partial charge in [0.1, 0.15) is 5.60 Å². The molecule has 0 aliphatic carbocycles. The number of hydrogen-bond donors (Lipinski definition) is 0. The zero-order chi connectivity index (χ0) is 6.78. The maximum atomic E-state index is 10.2. The molecule has 0 saturated heterocycles. The summed E-state index contributed by atoms with van der Waals surface area (Å²) >= 11 is 0. The Hall–Kier alpha value is -0.180. The minimum absolute atomic E-state index is 0. The highest BCUT2D eigenvalue weighted by Crippen LogP contribution is 2.05. The van der Waals surface area contributed by atoms with Crippen molar-refractivity contribution in [3.8, 4) is 0 Å². The van der Waals surface area contributed by atoms with E-state index < -0.39 is 0 Å². The predicted octanol–water partition coefficient (Wildman–Crippen LogP) is 1.46. The van der Waals surface area contributed by atoms with Crippen molar-refractivity contribution < 1.29 is 9.53 Å². The highest BCUT2D eigenvalue weighted by molar-refractivity contribution is 7.59. The summed E-state index contributed by atoms with van der Waals surface area (Å²) in [6, 6.07) is 0. The molecule has 0 aliphatic heterocycles. The largest absolute Gasteiger partial charge is 0.460 e. The van der Waals surface area contributed by atoms with Gasteiger partial charge in [-0.2, -0.15) is 13.5 Å². The molecule has 0 bridgehead atoms. The minimum Gasteiger partial charge on any atom is -0.460 e. The van der Waals surface area contributed by atoms with E-state index in [9.17, 15) is 4.79 Å². The Morgan fingerprint density at radius 2 is 1.67 bits per heavy atom. The average Bonchev–Trinajstić information content (AvgIpc) is 1.21. The summed E-state index contributed by atoms with van der Waals surface area (Å²) in [5, 5.41) is 0. The third-order valence-electron chi connectivity index (χ3n) is 0.450. The third kappa shape index (κ3) is 11.4. The number of rotatable bonds is 0. The minimum atomic E-state index is -0.328. The fourth-order valence-electron chi connectivity index (χ4n) is 0.431. The monoisotopic (exact) mass is 150 g/mol. The van der Waals surface area contributed by atoms with E-state index in [0.29, 0.717) is 0 Å². The van der Waals surface area contributed by atoms with Gasteiger partial charge in [-0.15, -0.1) is 0 Å². The normalized spacial score (nSPS) is 9.78. The Kier molecular flexibility index (Phi) is 4.86. The number of carbonyl (C=O) groups is 1. The van der Waals surface area contributed by atoms with Crippen molar-refractivity contribution in [1.82, 2.24) is 0 Å². The molecule has 0 aliphatic rings. The summed E-state index contributed by atoms with van der Waals surface area (Å²) in [4.78, 5) is 10.2.